The van der Waals surface area contributed by atoms with E-state index in [0.29, 0.717) is 6.42 Å². The predicted octanol–water partition coefficient (Wildman–Crippen LogP) is 10.8. The summed E-state index contributed by atoms with van der Waals surface area (Å²) >= 11 is 0. The average Bonchev–Trinajstić information content (AvgIpc) is 3.12. The Morgan fingerprint density at radius 2 is 1.08 bits per heavy atom. The number of hydrogen-bond donors (Lipinski definition) is 0. The van der Waals surface area contributed by atoms with E-state index < -0.39 is 5.41 Å². The standard InChI is InChI=1S/C47H64N2O4/c1-12-48(13-2)37-25-20-34(21-26-37)43(35-22-27-38(28-23-35)49(14-3)15-4)41-29-24-36(39-18-16-17-19-40(39)41)32-42(50)52-30-31-53-44(51)47(11,46(8,9)10)33-45(5,6)7/h16-29,43H,12-15,30-33H2,1-11H3. The van der Waals surface area contributed by atoms with Crippen LogP contribution >= 0.6 is 0 Å². The minimum atomic E-state index is -0.672. The lowest BCUT2D eigenvalue weighted by molar-refractivity contribution is -0.168. The number of fused-ring (bicyclic) bond motifs is 1. The molecule has 53 heavy (non-hydrogen) atoms. The zero-order valence-corrected chi connectivity index (χ0v) is 34.3. The molecule has 0 aliphatic rings. The number of ether oxygens (including phenoxy) is 2. The molecule has 6 nitrogen and oxygen atoms in total. The molecule has 1 unspecified atom stereocenters. The molecule has 0 N–H and O–H groups in total. The predicted molar refractivity (Wildman–Crippen MR) is 222 cm³/mol. The number of carbonyl (C=O) groups is 2. The first kappa shape index (κ1) is 41.4. The number of nitrogens with zero attached hydrogens (tertiary/aromatic N) is 2. The second-order valence-corrected chi connectivity index (χ2v) is 16.7. The van der Waals surface area contributed by atoms with Gasteiger partial charge in [-0.1, -0.05) is 102 Å². The summed E-state index contributed by atoms with van der Waals surface area (Å²) in [4.78, 5) is 31.3. The van der Waals surface area contributed by atoms with E-state index in [4.69, 9.17) is 9.47 Å². The summed E-state index contributed by atoms with van der Waals surface area (Å²) in [6.07, 6.45) is 0.815. The first-order valence-corrected chi connectivity index (χ1v) is 19.6. The van der Waals surface area contributed by atoms with Gasteiger partial charge in [-0.25, -0.2) is 0 Å². The van der Waals surface area contributed by atoms with E-state index in [1.54, 1.807) is 0 Å². The lowest BCUT2D eigenvalue weighted by atomic mass is 9.61. The Morgan fingerprint density at radius 1 is 0.604 bits per heavy atom. The van der Waals surface area contributed by atoms with E-state index in [1.165, 1.54) is 28.1 Å². The van der Waals surface area contributed by atoms with E-state index in [2.05, 4.69) is 158 Å². The van der Waals surface area contributed by atoms with Crippen LogP contribution in [0.25, 0.3) is 10.8 Å². The third-order valence-electron chi connectivity index (χ3n) is 11.0. The molecule has 1 atom stereocenters. The van der Waals surface area contributed by atoms with Crippen LogP contribution in [-0.4, -0.2) is 51.3 Å². The second-order valence-electron chi connectivity index (χ2n) is 16.7. The smallest absolute Gasteiger partial charge is 0.312 e. The Balaban J connectivity index is 1.59. The Morgan fingerprint density at radius 3 is 1.53 bits per heavy atom. The van der Waals surface area contributed by atoms with Crippen LogP contribution in [0.2, 0.25) is 0 Å². The molecule has 4 rings (SSSR count). The summed E-state index contributed by atoms with van der Waals surface area (Å²) in [7, 11) is 0. The van der Waals surface area contributed by atoms with Crippen molar-refractivity contribution < 1.29 is 19.1 Å². The fraction of sp³-hybridized carbons (Fsp3) is 0.489. The molecule has 6 heteroatoms. The van der Waals surface area contributed by atoms with Gasteiger partial charge in [0, 0.05) is 43.5 Å². The fourth-order valence-corrected chi connectivity index (χ4v) is 7.63. The molecule has 0 saturated heterocycles. The molecule has 0 aromatic heterocycles. The van der Waals surface area contributed by atoms with Gasteiger partial charge in [-0.15, -0.1) is 0 Å². The van der Waals surface area contributed by atoms with Crippen molar-refractivity contribution >= 4 is 34.1 Å². The molecule has 0 saturated carbocycles. The summed E-state index contributed by atoms with van der Waals surface area (Å²) in [5, 5.41) is 2.14. The summed E-state index contributed by atoms with van der Waals surface area (Å²) < 4.78 is 11.4. The number of rotatable bonds is 16. The maximum atomic E-state index is 13.3. The molecule has 0 aliphatic heterocycles. The van der Waals surface area contributed by atoms with Gasteiger partial charge in [0.05, 0.1) is 11.8 Å². The molecule has 4 aromatic carbocycles. The highest BCUT2D eigenvalue weighted by Crippen LogP contribution is 2.47. The number of carbonyl (C=O) groups excluding carboxylic acids is 2. The van der Waals surface area contributed by atoms with Crippen LogP contribution in [-0.2, 0) is 25.5 Å². The largest absolute Gasteiger partial charge is 0.462 e. The van der Waals surface area contributed by atoms with Crippen LogP contribution in [0.5, 0.6) is 0 Å². The van der Waals surface area contributed by atoms with Gasteiger partial charge in [0.25, 0.3) is 0 Å². The molecule has 0 radical (unpaired) electrons. The van der Waals surface area contributed by atoms with Crippen molar-refractivity contribution in [3.8, 4) is 0 Å². The van der Waals surface area contributed by atoms with Crippen molar-refractivity contribution in [2.45, 2.75) is 94.9 Å². The molecule has 0 amide bonds. The first-order chi connectivity index (χ1) is 25.1. The van der Waals surface area contributed by atoms with E-state index in [1.807, 2.05) is 13.0 Å². The van der Waals surface area contributed by atoms with Crippen LogP contribution in [0.3, 0.4) is 0 Å². The van der Waals surface area contributed by atoms with E-state index >= 15 is 0 Å². The van der Waals surface area contributed by atoms with Gasteiger partial charge in [0.2, 0.25) is 0 Å². The Hall–Kier alpha value is -4.32. The average molecular weight is 721 g/mol. The summed E-state index contributed by atoms with van der Waals surface area (Å²) in [5.41, 5.74) is 5.96. The van der Waals surface area contributed by atoms with Crippen molar-refractivity contribution in [2.24, 2.45) is 16.2 Å². The molecule has 4 aromatic rings. The molecule has 0 spiro atoms. The lowest BCUT2D eigenvalue weighted by Crippen LogP contribution is -2.44. The van der Waals surface area contributed by atoms with Gasteiger partial charge < -0.3 is 19.3 Å². The molecule has 0 heterocycles. The normalized spacial score (nSPS) is 13.1. The molecule has 286 valence electrons. The Bertz CT molecular complexity index is 1740. The number of benzene rings is 4. The van der Waals surface area contributed by atoms with Crippen molar-refractivity contribution in [3.05, 3.63) is 107 Å². The van der Waals surface area contributed by atoms with E-state index in [0.717, 1.165) is 42.5 Å². The Kier molecular flexibility index (Phi) is 13.8. The summed E-state index contributed by atoms with van der Waals surface area (Å²) in [5.74, 6) is -0.607. The van der Waals surface area contributed by atoms with Crippen molar-refractivity contribution in [2.75, 3.05) is 49.2 Å². The van der Waals surface area contributed by atoms with Gasteiger partial charge in [-0.05, 0) is 109 Å². The third kappa shape index (κ3) is 10.0. The topological polar surface area (TPSA) is 59.1 Å². The van der Waals surface area contributed by atoms with Crippen LogP contribution in [0.15, 0.2) is 84.9 Å². The van der Waals surface area contributed by atoms with Gasteiger partial charge in [-0.3, -0.25) is 9.59 Å². The fourth-order valence-electron chi connectivity index (χ4n) is 7.63. The minimum Gasteiger partial charge on any atom is -0.462 e. The van der Waals surface area contributed by atoms with E-state index in [9.17, 15) is 9.59 Å². The highest BCUT2D eigenvalue weighted by Gasteiger charge is 2.47. The summed E-state index contributed by atoms with van der Waals surface area (Å²) in [6.45, 7) is 27.2. The third-order valence-corrected chi connectivity index (χ3v) is 11.0. The maximum Gasteiger partial charge on any atom is 0.312 e. The SMILES string of the molecule is CCN(CC)c1ccc(C(c2ccc(N(CC)CC)cc2)c2ccc(CC(=O)OCCOC(=O)C(C)(CC(C)(C)C)C(C)(C)C)c3ccccc23)cc1. The monoisotopic (exact) mass is 720 g/mol. The molecular formula is C47H64N2O4. The zero-order chi connectivity index (χ0) is 39.0. The van der Waals surface area contributed by atoms with Gasteiger partial charge in [0.15, 0.2) is 0 Å². The van der Waals surface area contributed by atoms with Crippen LogP contribution < -0.4 is 9.80 Å². The highest BCUT2D eigenvalue weighted by molar-refractivity contribution is 5.92. The van der Waals surface area contributed by atoms with Crippen molar-refractivity contribution in [1.29, 1.82) is 0 Å². The van der Waals surface area contributed by atoms with Crippen molar-refractivity contribution in [1.82, 2.24) is 0 Å². The molecule has 0 fully saturated rings. The van der Waals surface area contributed by atoms with Gasteiger partial charge in [0.1, 0.15) is 13.2 Å². The second kappa shape index (κ2) is 17.7. The quantitative estimate of drug-likeness (QED) is 0.0652. The van der Waals surface area contributed by atoms with Crippen LogP contribution in [0.4, 0.5) is 11.4 Å². The number of anilines is 2. The zero-order valence-electron chi connectivity index (χ0n) is 34.3. The first-order valence-electron chi connectivity index (χ1n) is 19.6. The van der Waals surface area contributed by atoms with E-state index in [-0.39, 0.29) is 48.3 Å². The molecule has 0 bridgehead atoms. The maximum absolute atomic E-state index is 13.3. The highest BCUT2D eigenvalue weighted by atomic mass is 16.6. The number of hydrogen-bond acceptors (Lipinski definition) is 6. The molecular weight excluding hydrogens is 657 g/mol. The lowest BCUT2D eigenvalue weighted by Gasteiger charge is -2.43. The van der Waals surface area contributed by atoms with Gasteiger partial charge >= 0.3 is 11.9 Å². The summed E-state index contributed by atoms with van der Waals surface area (Å²) in [6, 6.07) is 30.6. The molecule has 0 aliphatic carbocycles. The van der Waals surface area contributed by atoms with Crippen LogP contribution in [0, 0.1) is 16.2 Å². The Labute approximate surface area is 319 Å². The van der Waals surface area contributed by atoms with Crippen molar-refractivity contribution in [3.63, 3.8) is 0 Å². The van der Waals surface area contributed by atoms with Gasteiger partial charge in [-0.2, -0.15) is 0 Å². The minimum absolute atomic E-state index is 0.0100. The van der Waals surface area contributed by atoms with Crippen LogP contribution in [0.1, 0.15) is 111 Å². The number of esters is 2.